The molecule has 0 saturated heterocycles. The highest BCUT2D eigenvalue weighted by atomic mass is 35.5. The Morgan fingerprint density at radius 1 is 1.17 bits per heavy atom. The molecule has 0 saturated carbocycles. The Morgan fingerprint density at radius 3 is 2.60 bits per heavy atom. The van der Waals surface area contributed by atoms with Crippen LogP contribution in [0.4, 0.5) is 0 Å². The number of nitrogens with zero attached hydrogens (tertiary/aromatic N) is 4. The minimum absolute atomic E-state index is 0.192. The smallest absolute Gasteiger partial charge is 0.250 e. The summed E-state index contributed by atoms with van der Waals surface area (Å²) in [6.45, 7) is 4.54. The Bertz CT molecular complexity index is 1050. The van der Waals surface area contributed by atoms with Crippen LogP contribution in [0, 0.1) is 0 Å². The van der Waals surface area contributed by atoms with Crippen molar-refractivity contribution in [2.45, 2.75) is 25.5 Å². The number of halogens is 1. The number of thioether (sulfide) groups is 1. The lowest BCUT2D eigenvalue weighted by atomic mass is 10.2. The fraction of sp³-hybridized carbons (Fsp3) is 0.182. The van der Waals surface area contributed by atoms with E-state index in [0.29, 0.717) is 22.4 Å². The van der Waals surface area contributed by atoms with Gasteiger partial charge in [-0.3, -0.25) is 4.79 Å². The maximum Gasteiger partial charge on any atom is 0.250 e. The van der Waals surface area contributed by atoms with Gasteiger partial charge in [-0.15, -0.1) is 10.2 Å². The SMILES string of the molecule is CCn1c(SCC(=O)NN=C(C)C=Cc2ccccc2)nnc1-c1ccc(Cl)cc1. The zero-order chi connectivity index (χ0) is 21.3. The summed E-state index contributed by atoms with van der Waals surface area (Å²) in [5, 5.41) is 14.0. The molecule has 0 radical (unpaired) electrons. The van der Waals surface area contributed by atoms with Crippen LogP contribution < -0.4 is 5.43 Å². The molecule has 3 rings (SSSR count). The molecule has 0 aliphatic rings. The molecule has 1 aromatic heterocycles. The monoisotopic (exact) mass is 439 g/mol. The third-order valence-corrected chi connectivity index (χ3v) is 5.36. The molecule has 6 nitrogen and oxygen atoms in total. The standard InChI is InChI=1S/C22H22ClN5OS/c1-3-28-21(18-11-13-19(23)14-12-18)26-27-22(28)30-15-20(29)25-24-16(2)9-10-17-7-5-4-6-8-17/h4-14H,3,15H2,1-2H3,(H,25,29). The molecule has 3 aromatic rings. The second-order valence-corrected chi connectivity index (χ2v) is 7.76. The molecule has 30 heavy (non-hydrogen) atoms. The molecule has 0 spiro atoms. The summed E-state index contributed by atoms with van der Waals surface area (Å²) in [5.74, 6) is 0.737. The first kappa shape index (κ1) is 21.8. The van der Waals surface area contributed by atoms with E-state index in [1.54, 1.807) is 0 Å². The van der Waals surface area contributed by atoms with Gasteiger partial charge in [0.15, 0.2) is 11.0 Å². The lowest BCUT2D eigenvalue weighted by molar-refractivity contribution is -0.118. The molecule has 0 aliphatic heterocycles. The average Bonchev–Trinajstić information content (AvgIpc) is 3.19. The van der Waals surface area contributed by atoms with Crippen molar-refractivity contribution in [2.24, 2.45) is 5.10 Å². The van der Waals surface area contributed by atoms with Gasteiger partial charge in [0.25, 0.3) is 5.91 Å². The fourth-order valence-corrected chi connectivity index (χ4v) is 3.54. The van der Waals surface area contributed by atoms with Crippen LogP contribution in [0.25, 0.3) is 17.5 Å². The highest BCUT2D eigenvalue weighted by Gasteiger charge is 2.14. The largest absolute Gasteiger partial charge is 0.302 e. The van der Waals surface area contributed by atoms with E-state index in [1.165, 1.54) is 11.8 Å². The van der Waals surface area contributed by atoms with Gasteiger partial charge in [0.2, 0.25) is 0 Å². The molecule has 8 heteroatoms. The summed E-state index contributed by atoms with van der Waals surface area (Å²) in [7, 11) is 0. The Morgan fingerprint density at radius 2 is 1.90 bits per heavy atom. The van der Waals surface area contributed by atoms with Gasteiger partial charge in [-0.1, -0.05) is 59.8 Å². The number of carbonyl (C=O) groups excluding carboxylic acids is 1. The molecular weight excluding hydrogens is 418 g/mol. The zero-order valence-corrected chi connectivity index (χ0v) is 18.3. The molecular formula is C22H22ClN5OS. The van der Waals surface area contributed by atoms with Crippen molar-refractivity contribution < 1.29 is 4.79 Å². The fourth-order valence-electron chi connectivity index (χ4n) is 2.62. The third kappa shape index (κ3) is 6.05. The van der Waals surface area contributed by atoms with E-state index < -0.39 is 0 Å². The van der Waals surface area contributed by atoms with Gasteiger partial charge in [0.1, 0.15) is 0 Å². The second-order valence-electron chi connectivity index (χ2n) is 6.38. The van der Waals surface area contributed by atoms with Gasteiger partial charge < -0.3 is 4.57 Å². The first-order valence-electron chi connectivity index (χ1n) is 9.45. The molecule has 2 aromatic carbocycles. The predicted octanol–water partition coefficient (Wildman–Crippen LogP) is 4.92. The quantitative estimate of drug-likeness (QED) is 0.307. The highest BCUT2D eigenvalue weighted by Crippen LogP contribution is 2.25. The van der Waals surface area contributed by atoms with E-state index in [2.05, 4.69) is 20.7 Å². The first-order valence-corrected chi connectivity index (χ1v) is 10.8. The predicted molar refractivity (Wildman–Crippen MR) is 124 cm³/mol. The highest BCUT2D eigenvalue weighted by molar-refractivity contribution is 7.99. The first-order chi connectivity index (χ1) is 14.6. The number of benzene rings is 2. The summed E-state index contributed by atoms with van der Waals surface area (Å²) < 4.78 is 1.97. The number of hydrazone groups is 1. The lowest BCUT2D eigenvalue weighted by Crippen LogP contribution is -2.21. The van der Waals surface area contributed by atoms with Gasteiger partial charge in [-0.2, -0.15) is 5.10 Å². The van der Waals surface area contributed by atoms with Crippen LogP contribution in [0.2, 0.25) is 5.02 Å². The van der Waals surface area contributed by atoms with Crippen molar-refractivity contribution in [3.05, 3.63) is 71.3 Å². The van der Waals surface area contributed by atoms with Crippen molar-refractivity contribution in [1.82, 2.24) is 20.2 Å². The molecule has 1 N–H and O–H groups in total. The van der Waals surface area contributed by atoms with Crippen LogP contribution in [0.15, 0.2) is 70.9 Å². The van der Waals surface area contributed by atoms with E-state index in [4.69, 9.17) is 11.6 Å². The summed E-state index contributed by atoms with van der Waals surface area (Å²) >= 11 is 7.28. The summed E-state index contributed by atoms with van der Waals surface area (Å²) in [6.07, 6.45) is 3.80. The maximum atomic E-state index is 12.2. The van der Waals surface area contributed by atoms with Gasteiger partial charge in [-0.05, 0) is 49.8 Å². The number of amides is 1. The average molecular weight is 440 g/mol. The Kier molecular flexibility index (Phi) is 7.82. The van der Waals surface area contributed by atoms with Gasteiger partial charge >= 0.3 is 0 Å². The summed E-state index contributed by atoms with van der Waals surface area (Å²) in [5.41, 5.74) is 5.28. The van der Waals surface area contributed by atoms with Crippen molar-refractivity contribution in [3.8, 4) is 11.4 Å². The van der Waals surface area contributed by atoms with Crippen molar-refractivity contribution in [1.29, 1.82) is 0 Å². The van der Waals surface area contributed by atoms with E-state index >= 15 is 0 Å². The molecule has 0 fully saturated rings. The molecule has 0 unspecified atom stereocenters. The number of carbonyl (C=O) groups is 1. The Balaban J connectivity index is 1.57. The van der Waals surface area contributed by atoms with Crippen LogP contribution in [0.1, 0.15) is 19.4 Å². The molecule has 1 amide bonds. The minimum Gasteiger partial charge on any atom is -0.302 e. The number of allylic oxidation sites excluding steroid dienone is 1. The molecule has 0 atom stereocenters. The zero-order valence-electron chi connectivity index (χ0n) is 16.7. The van der Waals surface area contributed by atoms with Gasteiger partial charge in [0, 0.05) is 17.1 Å². The molecule has 0 bridgehead atoms. The number of hydrogen-bond acceptors (Lipinski definition) is 5. The molecule has 154 valence electrons. The summed E-state index contributed by atoms with van der Waals surface area (Å²) in [6, 6.07) is 17.4. The normalized spacial score (nSPS) is 11.8. The van der Waals surface area contributed by atoms with Crippen molar-refractivity contribution >= 4 is 41.1 Å². The van der Waals surface area contributed by atoms with Crippen LogP contribution in [0.5, 0.6) is 0 Å². The second kappa shape index (κ2) is 10.8. The Labute approximate surface area is 185 Å². The Hall–Kier alpha value is -2.90. The van der Waals surface area contributed by atoms with E-state index in [-0.39, 0.29) is 11.7 Å². The molecule has 0 aliphatic carbocycles. The van der Waals surface area contributed by atoms with Gasteiger partial charge in [0.05, 0.1) is 11.5 Å². The molecule has 1 heterocycles. The number of aromatic nitrogens is 3. The minimum atomic E-state index is -0.203. The van der Waals surface area contributed by atoms with Gasteiger partial charge in [-0.25, -0.2) is 5.43 Å². The van der Waals surface area contributed by atoms with Crippen LogP contribution in [-0.4, -0.2) is 32.1 Å². The number of nitrogens with one attached hydrogen (secondary N) is 1. The number of hydrogen-bond donors (Lipinski definition) is 1. The van der Waals surface area contributed by atoms with E-state index in [1.807, 2.05) is 85.2 Å². The van der Waals surface area contributed by atoms with E-state index in [9.17, 15) is 4.79 Å². The number of rotatable bonds is 8. The van der Waals surface area contributed by atoms with Crippen molar-refractivity contribution in [3.63, 3.8) is 0 Å². The van der Waals surface area contributed by atoms with E-state index in [0.717, 1.165) is 17.0 Å². The van der Waals surface area contributed by atoms with Crippen LogP contribution in [-0.2, 0) is 11.3 Å². The topological polar surface area (TPSA) is 72.2 Å². The van der Waals surface area contributed by atoms with Crippen LogP contribution >= 0.6 is 23.4 Å². The van der Waals surface area contributed by atoms with Crippen molar-refractivity contribution in [2.75, 3.05) is 5.75 Å². The lowest BCUT2D eigenvalue weighted by Gasteiger charge is -2.07. The maximum absolute atomic E-state index is 12.2. The van der Waals surface area contributed by atoms with Crippen LogP contribution in [0.3, 0.4) is 0 Å². The third-order valence-electron chi connectivity index (χ3n) is 4.14. The summed E-state index contributed by atoms with van der Waals surface area (Å²) in [4.78, 5) is 12.2.